The zero-order valence-corrected chi connectivity index (χ0v) is 28.3. The Hall–Kier alpha value is -5.89. The molecule has 1 aromatic heterocycles. The minimum atomic E-state index is -4.36. The number of benzene rings is 3. The predicted molar refractivity (Wildman–Crippen MR) is 188 cm³/mol. The molecule has 3 aromatic carbocycles. The zero-order valence-electron chi connectivity index (χ0n) is 28.3. The molecule has 11 heteroatoms. The number of nitrogens with zero attached hydrogens (tertiary/aromatic N) is 4. The van der Waals surface area contributed by atoms with Crippen molar-refractivity contribution < 1.29 is 32.5 Å². The van der Waals surface area contributed by atoms with Crippen LogP contribution in [0.3, 0.4) is 0 Å². The molecule has 2 aliphatic heterocycles. The lowest BCUT2D eigenvalue weighted by Crippen LogP contribution is -2.51. The number of nitriles is 1. The average molecular weight is 661 g/mol. The van der Waals surface area contributed by atoms with Crippen molar-refractivity contribution in [3.8, 4) is 28.7 Å². The van der Waals surface area contributed by atoms with E-state index in [2.05, 4.69) is 4.90 Å². The number of rotatable bonds is 8. The Balaban J connectivity index is 1.47. The van der Waals surface area contributed by atoms with Crippen LogP contribution in [-0.2, 0) is 4.79 Å². The molecule has 0 bridgehead atoms. The number of fused-ring (bicyclic) bond motifs is 2. The molecule has 0 atom stereocenters. The van der Waals surface area contributed by atoms with Crippen LogP contribution in [0.25, 0.3) is 16.7 Å². The van der Waals surface area contributed by atoms with Gasteiger partial charge in [0, 0.05) is 52.0 Å². The van der Waals surface area contributed by atoms with Gasteiger partial charge >= 0.3 is 12.9 Å². The van der Waals surface area contributed by atoms with E-state index in [1.54, 1.807) is 34.1 Å². The van der Waals surface area contributed by atoms with Crippen LogP contribution in [0.4, 0.5) is 25.7 Å². The molecular formula is C38H35BF2N4O4. The lowest BCUT2D eigenvalue weighted by molar-refractivity contribution is -0.363. The average Bonchev–Trinajstić information content (AvgIpc) is 3.52. The molecule has 0 aliphatic carbocycles. The highest BCUT2D eigenvalue weighted by Gasteiger charge is 2.56. The summed E-state index contributed by atoms with van der Waals surface area (Å²) in [5, 5.41) is 18.8. The molecular weight excluding hydrogens is 625 g/mol. The molecule has 4 aromatic rings. The van der Waals surface area contributed by atoms with Gasteiger partial charge < -0.3 is 37.1 Å². The molecule has 0 spiro atoms. The Morgan fingerprint density at radius 1 is 0.857 bits per heavy atom. The van der Waals surface area contributed by atoms with Crippen LogP contribution in [-0.4, -0.2) is 46.9 Å². The number of carboxylic acid groups (broad SMARTS) is 1. The topological polar surface area (TPSA) is 90.7 Å². The van der Waals surface area contributed by atoms with Crippen molar-refractivity contribution in [3.63, 3.8) is 0 Å². The first-order valence-electron chi connectivity index (χ1n) is 15.7. The number of aliphatic carboxylic acids is 1. The van der Waals surface area contributed by atoms with E-state index in [1.165, 1.54) is 13.0 Å². The summed E-state index contributed by atoms with van der Waals surface area (Å²) < 4.78 is 46.4. The monoisotopic (exact) mass is 660 g/mol. The Morgan fingerprint density at radius 3 is 1.80 bits per heavy atom. The van der Waals surface area contributed by atoms with Crippen molar-refractivity contribution in [2.45, 2.75) is 34.6 Å². The fourth-order valence-electron chi connectivity index (χ4n) is 7.27. The summed E-state index contributed by atoms with van der Waals surface area (Å²) in [5.41, 5.74) is 7.25. The first-order chi connectivity index (χ1) is 23.3. The van der Waals surface area contributed by atoms with Crippen LogP contribution in [0.1, 0.15) is 37.7 Å². The maximum absolute atomic E-state index is 16.8. The fraction of sp³-hybridized carbons (Fsp3) is 0.184. The summed E-state index contributed by atoms with van der Waals surface area (Å²) in [5.74, 6) is 0.0629. The van der Waals surface area contributed by atoms with Crippen LogP contribution in [0.5, 0.6) is 11.5 Å². The number of ether oxygens (including phenoxy) is 2. The molecule has 49 heavy (non-hydrogen) atoms. The summed E-state index contributed by atoms with van der Waals surface area (Å²) in [6.07, 6.45) is 1.18. The normalized spacial score (nSPS) is 15.2. The molecule has 3 heterocycles. The van der Waals surface area contributed by atoms with Crippen LogP contribution >= 0.6 is 0 Å². The van der Waals surface area contributed by atoms with E-state index in [4.69, 9.17) is 9.47 Å². The number of hydrogen-bond donors (Lipinski definition) is 1. The molecule has 1 N–H and O–H groups in total. The number of hydrogen-bond acceptors (Lipinski definition) is 5. The quantitative estimate of drug-likeness (QED) is 0.116. The highest BCUT2D eigenvalue weighted by Crippen LogP contribution is 2.47. The molecule has 0 saturated heterocycles. The highest BCUT2D eigenvalue weighted by atomic mass is 19.2. The SMILES string of the molecule is COc1ccc(N(c2ccc(OC)cc2)c2ccc(-c3c(C)c4n(c3C)[B-](F)(F)[N+]3=C(C)C(/C=C(\C#N)C(=O)O)=C(C)C3=C4C)cc2)cc1. The summed E-state index contributed by atoms with van der Waals surface area (Å²) in [6.45, 7) is 4.24. The molecule has 0 fully saturated rings. The lowest BCUT2D eigenvalue weighted by atomic mass is 9.86. The number of halogens is 2. The van der Waals surface area contributed by atoms with Crippen molar-refractivity contribution >= 4 is 41.3 Å². The van der Waals surface area contributed by atoms with Gasteiger partial charge in [-0.25, -0.2) is 4.79 Å². The predicted octanol–water partition coefficient (Wildman–Crippen LogP) is 8.56. The molecule has 2 aliphatic rings. The van der Waals surface area contributed by atoms with Crippen molar-refractivity contribution in [1.29, 1.82) is 5.26 Å². The first-order valence-corrected chi connectivity index (χ1v) is 15.7. The molecule has 0 saturated carbocycles. The highest BCUT2D eigenvalue weighted by molar-refractivity contribution is 6.58. The summed E-state index contributed by atoms with van der Waals surface area (Å²) in [4.78, 5) is 13.7. The maximum Gasteiger partial charge on any atom is 0.737 e. The first kappa shape index (κ1) is 33.0. The van der Waals surface area contributed by atoms with Gasteiger partial charge in [-0.1, -0.05) is 12.1 Å². The van der Waals surface area contributed by atoms with E-state index < -0.39 is 18.5 Å². The van der Waals surface area contributed by atoms with Gasteiger partial charge in [0.15, 0.2) is 5.70 Å². The second-order valence-corrected chi connectivity index (χ2v) is 12.1. The van der Waals surface area contributed by atoms with Gasteiger partial charge in [-0.15, -0.1) is 0 Å². The number of allylic oxidation sites excluding steroid dienone is 4. The number of aromatic nitrogens is 1. The van der Waals surface area contributed by atoms with Gasteiger partial charge in [0.2, 0.25) is 0 Å². The van der Waals surface area contributed by atoms with E-state index >= 15 is 8.63 Å². The molecule has 0 radical (unpaired) electrons. The standard InChI is InChI=1S/C38H35BF2N4O4/c1-22-34(20-28(21-42)38(46)47)25(4)44-36(22)24(3)37-23(2)35(26(5)45(37)39(44,40)41)27-8-10-29(11-9-27)43(30-12-16-32(48-6)17-13-30)31-14-18-33(49-7)19-15-31/h8-20H,1-7H3,(H,46,47)/b28-20+. The minimum absolute atomic E-state index is 0.199. The Labute approximate surface area is 283 Å². The van der Waals surface area contributed by atoms with Crippen molar-refractivity contribution in [2.75, 3.05) is 19.1 Å². The zero-order chi connectivity index (χ0) is 35.4. The van der Waals surface area contributed by atoms with Crippen LogP contribution in [0.15, 0.2) is 101 Å². The minimum Gasteiger partial charge on any atom is -0.497 e. The Kier molecular flexibility index (Phi) is 8.28. The molecule has 248 valence electrons. The van der Waals surface area contributed by atoms with E-state index in [-0.39, 0.29) is 5.71 Å². The summed E-state index contributed by atoms with van der Waals surface area (Å²) in [6, 6.07) is 25.0. The lowest BCUT2D eigenvalue weighted by Gasteiger charge is -2.33. The van der Waals surface area contributed by atoms with Crippen LogP contribution < -0.4 is 14.4 Å². The number of methoxy groups -OCH3 is 2. The van der Waals surface area contributed by atoms with Gasteiger partial charge in [0.1, 0.15) is 28.9 Å². The third-order valence-electron chi connectivity index (χ3n) is 9.49. The second kappa shape index (κ2) is 12.3. The third kappa shape index (κ3) is 5.20. The van der Waals surface area contributed by atoms with Crippen molar-refractivity contribution in [3.05, 3.63) is 118 Å². The fourth-order valence-corrected chi connectivity index (χ4v) is 7.27. The number of anilines is 3. The van der Waals surface area contributed by atoms with Gasteiger partial charge in [-0.2, -0.15) is 5.26 Å². The molecule has 8 nitrogen and oxygen atoms in total. The maximum atomic E-state index is 16.8. The van der Waals surface area contributed by atoms with Crippen LogP contribution in [0.2, 0.25) is 0 Å². The van der Waals surface area contributed by atoms with E-state index in [1.807, 2.05) is 86.6 Å². The largest absolute Gasteiger partial charge is 0.737 e. The van der Waals surface area contributed by atoms with E-state index in [0.29, 0.717) is 33.8 Å². The second-order valence-electron chi connectivity index (χ2n) is 12.1. The van der Waals surface area contributed by atoms with Crippen LogP contribution in [0, 0.1) is 25.2 Å². The van der Waals surface area contributed by atoms with E-state index in [9.17, 15) is 15.2 Å². The van der Waals surface area contributed by atoms with Gasteiger partial charge in [0.05, 0.1) is 14.2 Å². The summed E-state index contributed by atoms with van der Waals surface area (Å²) in [7, 11) is 3.24. The third-order valence-corrected chi connectivity index (χ3v) is 9.49. The van der Waals surface area contributed by atoms with Gasteiger partial charge in [-0.3, -0.25) is 0 Å². The summed E-state index contributed by atoms with van der Waals surface area (Å²) >= 11 is 0. The molecule has 0 unspecified atom stereocenters. The Morgan fingerprint density at radius 2 is 1.35 bits per heavy atom. The number of carboxylic acids is 1. The van der Waals surface area contributed by atoms with Crippen molar-refractivity contribution in [2.24, 2.45) is 0 Å². The smallest absolute Gasteiger partial charge is 0.497 e. The van der Waals surface area contributed by atoms with E-state index in [0.717, 1.165) is 54.2 Å². The van der Waals surface area contributed by atoms with Crippen molar-refractivity contribution in [1.82, 2.24) is 4.48 Å². The number of carbonyl (C=O) groups is 1. The van der Waals surface area contributed by atoms with Gasteiger partial charge in [-0.05, 0) is 111 Å². The molecule has 6 rings (SSSR count). The van der Waals surface area contributed by atoms with Gasteiger partial charge in [0.25, 0.3) is 0 Å². The Bertz CT molecular complexity index is 2140. The molecule has 0 amide bonds.